The molecule has 1 aliphatic rings. The van der Waals surface area contributed by atoms with Crippen LogP contribution < -0.4 is 16.4 Å². The Hall–Kier alpha value is -1.93. The summed E-state index contributed by atoms with van der Waals surface area (Å²) in [5.41, 5.74) is 7.00. The normalized spacial score (nSPS) is 13.6. The van der Waals surface area contributed by atoms with Gasteiger partial charge in [-0.3, -0.25) is 19.3 Å². The van der Waals surface area contributed by atoms with E-state index in [1.54, 1.807) is 4.90 Å². The molecule has 7 nitrogen and oxygen atoms in total. The van der Waals surface area contributed by atoms with Gasteiger partial charge in [0.15, 0.2) is 0 Å². The lowest BCUT2D eigenvalue weighted by Crippen LogP contribution is -2.42. The van der Waals surface area contributed by atoms with Crippen LogP contribution in [-0.2, 0) is 22.4 Å². The number of thiophene rings is 1. The van der Waals surface area contributed by atoms with Crippen molar-refractivity contribution in [1.82, 2.24) is 10.2 Å². The summed E-state index contributed by atoms with van der Waals surface area (Å²) in [6.45, 7) is 6.50. The van der Waals surface area contributed by atoms with Crippen LogP contribution >= 0.6 is 11.3 Å². The van der Waals surface area contributed by atoms with Crippen LogP contribution in [0.5, 0.6) is 0 Å². The number of likely N-dealkylation sites (N-methyl/N-ethyl adjacent to an activating group) is 1. The van der Waals surface area contributed by atoms with Gasteiger partial charge in [-0.2, -0.15) is 0 Å². The molecule has 0 saturated heterocycles. The van der Waals surface area contributed by atoms with Gasteiger partial charge in [0, 0.05) is 10.9 Å². The fraction of sp³-hybridized carbons (Fsp3) is 0.611. The molecular formula is C18H28N4O3S. The largest absolute Gasteiger partial charge is 0.365 e. The number of fused-ring (bicyclic) bond motifs is 1. The summed E-state index contributed by atoms with van der Waals surface area (Å²) in [5, 5.41) is 6.19. The van der Waals surface area contributed by atoms with Crippen molar-refractivity contribution in [3.8, 4) is 0 Å². The first-order valence-electron chi connectivity index (χ1n) is 9.07. The number of hydrogen-bond donors (Lipinski definition) is 3. The molecule has 1 heterocycles. The molecule has 26 heavy (non-hydrogen) atoms. The first-order valence-corrected chi connectivity index (χ1v) is 9.89. The van der Waals surface area contributed by atoms with Crippen molar-refractivity contribution in [2.75, 3.05) is 25.0 Å². The minimum Gasteiger partial charge on any atom is -0.365 e. The maximum atomic E-state index is 12.4. The van der Waals surface area contributed by atoms with Gasteiger partial charge in [0.1, 0.15) is 5.00 Å². The SMILES string of the molecule is CCN(CC(=O)Nc1sc2c(c1C(N)=O)CCCC2)CC(=O)NC(C)C. The van der Waals surface area contributed by atoms with E-state index in [2.05, 4.69) is 10.6 Å². The van der Waals surface area contributed by atoms with Gasteiger partial charge < -0.3 is 16.4 Å². The summed E-state index contributed by atoms with van der Waals surface area (Å²) >= 11 is 1.45. The molecule has 8 heteroatoms. The second-order valence-corrected chi connectivity index (χ2v) is 7.96. The number of amides is 3. The van der Waals surface area contributed by atoms with E-state index in [0.29, 0.717) is 17.1 Å². The molecule has 2 rings (SSSR count). The molecule has 0 atom stereocenters. The molecule has 0 aliphatic heterocycles. The fourth-order valence-corrected chi connectivity index (χ4v) is 4.44. The van der Waals surface area contributed by atoms with E-state index < -0.39 is 5.91 Å². The van der Waals surface area contributed by atoms with E-state index in [1.165, 1.54) is 11.3 Å². The van der Waals surface area contributed by atoms with Gasteiger partial charge in [0.2, 0.25) is 11.8 Å². The third-order valence-electron chi connectivity index (χ3n) is 4.30. The van der Waals surface area contributed by atoms with Crippen molar-refractivity contribution in [2.24, 2.45) is 5.73 Å². The summed E-state index contributed by atoms with van der Waals surface area (Å²) in [6, 6.07) is 0.0607. The highest BCUT2D eigenvalue weighted by molar-refractivity contribution is 7.17. The third-order valence-corrected chi connectivity index (χ3v) is 5.51. The molecule has 1 aromatic heterocycles. The summed E-state index contributed by atoms with van der Waals surface area (Å²) in [4.78, 5) is 39.1. The first-order chi connectivity index (χ1) is 12.3. The minimum atomic E-state index is -0.497. The van der Waals surface area contributed by atoms with Gasteiger partial charge in [0.05, 0.1) is 18.7 Å². The van der Waals surface area contributed by atoms with Crippen LogP contribution in [0.25, 0.3) is 0 Å². The van der Waals surface area contributed by atoms with Crippen LogP contribution in [0.2, 0.25) is 0 Å². The number of rotatable bonds is 8. The second-order valence-electron chi connectivity index (χ2n) is 6.85. The average Bonchev–Trinajstić information content (AvgIpc) is 2.90. The summed E-state index contributed by atoms with van der Waals surface area (Å²) in [5.74, 6) is -0.854. The molecule has 1 aliphatic carbocycles. The van der Waals surface area contributed by atoms with Crippen LogP contribution in [-0.4, -0.2) is 48.3 Å². The zero-order valence-electron chi connectivity index (χ0n) is 15.7. The number of hydrogen-bond acceptors (Lipinski definition) is 5. The molecular weight excluding hydrogens is 352 g/mol. The van der Waals surface area contributed by atoms with E-state index in [1.807, 2.05) is 20.8 Å². The second kappa shape index (κ2) is 9.14. The van der Waals surface area contributed by atoms with Crippen LogP contribution in [0.1, 0.15) is 54.4 Å². The number of carbonyl (C=O) groups is 3. The Morgan fingerprint density at radius 3 is 2.42 bits per heavy atom. The third kappa shape index (κ3) is 5.28. The Morgan fingerprint density at radius 2 is 1.81 bits per heavy atom. The van der Waals surface area contributed by atoms with Crippen molar-refractivity contribution in [2.45, 2.75) is 52.5 Å². The van der Waals surface area contributed by atoms with E-state index in [9.17, 15) is 14.4 Å². The number of carbonyl (C=O) groups excluding carboxylic acids is 3. The van der Waals surface area contributed by atoms with Gasteiger partial charge >= 0.3 is 0 Å². The average molecular weight is 381 g/mol. The molecule has 0 aromatic carbocycles. The van der Waals surface area contributed by atoms with Crippen LogP contribution in [0.3, 0.4) is 0 Å². The van der Waals surface area contributed by atoms with Crippen molar-refractivity contribution >= 4 is 34.1 Å². The van der Waals surface area contributed by atoms with Crippen molar-refractivity contribution in [1.29, 1.82) is 0 Å². The molecule has 0 spiro atoms. The number of aryl methyl sites for hydroxylation is 1. The van der Waals surface area contributed by atoms with Gasteiger partial charge in [0.25, 0.3) is 5.91 Å². The molecule has 0 bridgehead atoms. The molecule has 0 unspecified atom stereocenters. The van der Waals surface area contributed by atoms with E-state index in [0.717, 1.165) is 36.1 Å². The Balaban J connectivity index is 2.03. The Morgan fingerprint density at radius 1 is 1.15 bits per heavy atom. The highest BCUT2D eigenvalue weighted by Crippen LogP contribution is 2.37. The zero-order valence-corrected chi connectivity index (χ0v) is 16.5. The van der Waals surface area contributed by atoms with Gasteiger partial charge in [-0.25, -0.2) is 0 Å². The fourth-order valence-electron chi connectivity index (χ4n) is 3.13. The lowest BCUT2D eigenvalue weighted by Gasteiger charge is -2.20. The van der Waals surface area contributed by atoms with E-state index in [4.69, 9.17) is 5.73 Å². The summed E-state index contributed by atoms with van der Waals surface area (Å²) < 4.78 is 0. The summed E-state index contributed by atoms with van der Waals surface area (Å²) in [7, 11) is 0. The van der Waals surface area contributed by atoms with Crippen molar-refractivity contribution in [3.63, 3.8) is 0 Å². The number of nitrogens with two attached hydrogens (primary N) is 1. The van der Waals surface area contributed by atoms with Gasteiger partial charge in [-0.1, -0.05) is 6.92 Å². The first kappa shape index (κ1) is 20.4. The highest BCUT2D eigenvalue weighted by Gasteiger charge is 2.25. The van der Waals surface area contributed by atoms with Crippen LogP contribution in [0.15, 0.2) is 0 Å². The molecule has 0 saturated carbocycles. The highest BCUT2D eigenvalue weighted by atomic mass is 32.1. The molecule has 144 valence electrons. The quantitative estimate of drug-likeness (QED) is 0.636. The Bertz CT molecular complexity index is 684. The van der Waals surface area contributed by atoms with Gasteiger partial charge in [-0.15, -0.1) is 11.3 Å². The number of nitrogens with zero attached hydrogens (tertiary/aromatic N) is 1. The van der Waals surface area contributed by atoms with E-state index in [-0.39, 0.29) is 30.9 Å². The van der Waals surface area contributed by atoms with Gasteiger partial charge in [-0.05, 0) is 51.6 Å². The minimum absolute atomic E-state index is 0.0607. The lowest BCUT2D eigenvalue weighted by atomic mass is 9.95. The van der Waals surface area contributed by atoms with E-state index >= 15 is 0 Å². The Kier molecular flexibility index (Phi) is 7.16. The molecule has 0 fully saturated rings. The lowest BCUT2D eigenvalue weighted by molar-refractivity contribution is -0.123. The number of nitrogens with one attached hydrogen (secondary N) is 2. The monoisotopic (exact) mass is 380 g/mol. The summed E-state index contributed by atoms with van der Waals surface area (Å²) in [6.07, 6.45) is 3.88. The van der Waals surface area contributed by atoms with Crippen LogP contribution in [0.4, 0.5) is 5.00 Å². The maximum absolute atomic E-state index is 12.4. The smallest absolute Gasteiger partial charge is 0.251 e. The standard InChI is InChI=1S/C18H28N4O3S/c1-4-22(9-14(23)20-11(2)3)10-15(24)21-18-16(17(19)25)12-7-5-6-8-13(12)26-18/h11H,4-10H2,1-3H3,(H2,19,25)(H,20,23)(H,21,24). The predicted molar refractivity (Wildman–Crippen MR) is 104 cm³/mol. The molecule has 1 aromatic rings. The van der Waals surface area contributed by atoms with Crippen LogP contribution in [0, 0.1) is 0 Å². The maximum Gasteiger partial charge on any atom is 0.251 e. The predicted octanol–water partition coefficient (Wildman–Crippen LogP) is 1.51. The topological polar surface area (TPSA) is 105 Å². The zero-order chi connectivity index (χ0) is 19.3. The van der Waals surface area contributed by atoms with Crippen molar-refractivity contribution < 1.29 is 14.4 Å². The van der Waals surface area contributed by atoms with Crippen molar-refractivity contribution in [3.05, 3.63) is 16.0 Å². The molecule has 0 radical (unpaired) electrons. The molecule has 4 N–H and O–H groups in total. The number of anilines is 1. The Labute approximate surface area is 158 Å². The molecule has 3 amide bonds. The number of primary amides is 1.